The molecule has 0 bridgehead atoms. The number of amides is 3. The first-order valence-electron chi connectivity index (χ1n) is 14.0. The third-order valence-electron chi connectivity index (χ3n) is 7.86. The summed E-state index contributed by atoms with van der Waals surface area (Å²) in [5, 5.41) is 7.10. The second-order valence-corrected chi connectivity index (χ2v) is 14.6. The average Bonchev–Trinajstić information content (AvgIpc) is 3.75. The Morgan fingerprint density at radius 1 is 0.878 bits per heavy atom. The molecule has 1 aliphatic carbocycles. The highest BCUT2D eigenvalue weighted by atomic mass is 32.2. The van der Waals surface area contributed by atoms with Gasteiger partial charge in [-0.15, -0.1) is 11.3 Å². The van der Waals surface area contributed by atoms with Crippen molar-refractivity contribution in [2.75, 3.05) is 30.5 Å². The number of halogens is 7. The number of rotatable bonds is 9. The topological polar surface area (TPSA) is 131 Å². The molecule has 0 radical (unpaired) electrons. The Morgan fingerprint density at radius 2 is 1.57 bits per heavy atom. The van der Waals surface area contributed by atoms with E-state index in [1.165, 1.54) is 19.2 Å². The maximum atomic E-state index is 13.8. The first-order valence-corrected chi connectivity index (χ1v) is 16.7. The summed E-state index contributed by atoms with van der Waals surface area (Å²) >= 11 is 0.499. The Balaban J connectivity index is 1.50. The van der Waals surface area contributed by atoms with Crippen molar-refractivity contribution < 1.29 is 58.3 Å². The van der Waals surface area contributed by atoms with Gasteiger partial charge >= 0.3 is 12.4 Å². The zero-order valence-electron chi connectivity index (χ0n) is 25.2. The molecule has 1 saturated carbocycles. The lowest BCUT2D eigenvalue weighted by Crippen LogP contribution is -2.38. The van der Waals surface area contributed by atoms with Gasteiger partial charge in [0, 0.05) is 34.1 Å². The van der Waals surface area contributed by atoms with Crippen LogP contribution in [0.1, 0.15) is 54.4 Å². The zero-order chi connectivity index (χ0) is 36.1. The van der Waals surface area contributed by atoms with Gasteiger partial charge in [0.25, 0.3) is 17.7 Å². The summed E-state index contributed by atoms with van der Waals surface area (Å²) in [5.41, 5.74) is -3.89. The normalized spacial score (nSPS) is 14.3. The number of alkyl halides is 6. The number of fused-ring (bicyclic) bond motifs is 1. The predicted molar refractivity (Wildman–Crippen MR) is 166 cm³/mol. The van der Waals surface area contributed by atoms with Crippen molar-refractivity contribution in [2.45, 2.75) is 29.9 Å². The van der Waals surface area contributed by atoms with Crippen LogP contribution in [0.3, 0.4) is 0 Å². The Hall–Kier alpha value is -4.71. The van der Waals surface area contributed by atoms with Crippen LogP contribution in [0.25, 0.3) is 10.1 Å². The molecule has 18 heteroatoms. The number of benzene rings is 3. The fourth-order valence-corrected chi connectivity index (χ4v) is 7.20. The molecule has 3 N–H and O–H groups in total. The molecule has 1 aliphatic rings. The number of hydrogen-bond donors (Lipinski definition) is 3. The van der Waals surface area contributed by atoms with Crippen LogP contribution < -0.4 is 20.7 Å². The Bertz CT molecular complexity index is 2110. The molecule has 9 nitrogen and oxygen atoms in total. The quantitative estimate of drug-likeness (QED) is 0.161. The first kappa shape index (κ1) is 35.6. The molecule has 49 heavy (non-hydrogen) atoms. The van der Waals surface area contributed by atoms with Crippen LogP contribution in [0.5, 0.6) is 5.75 Å². The highest BCUT2D eigenvalue weighted by molar-refractivity contribution is 7.92. The Kier molecular flexibility index (Phi) is 9.18. The highest BCUT2D eigenvalue weighted by Crippen LogP contribution is 2.43. The van der Waals surface area contributed by atoms with Crippen molar-refractivity contribution in [3.63, 3.8) is 0 Å². The molecule has 0 saturated heterocycles. The number of nitrogens with one attached hydrogen (secondary N) is 3. The van der Waals surface area contributed by atoms with Gasteiger partial charge in [-0.1, -0.05) is 6.07 Å². The van der Waals surface area contributed by atoms with Crippen molar-refractivity contribution >= 4 is 60.4 Å². The number of sulfone groups is 1. The van der Waals surface area contributed by atoms with Crippen LogP contribution in [0.15, 0.2) is 54.6 Å². The smallest absolute Gasteiger partial charge is 0.419 e. The number of anilines is 2. The number of carbonyl (C=O) groups excluding carboxylic acids is 3. The summed E-state index contributed by atoms with van der Waals surface area (Å²) < 4.78 is 122. The first-order chi connectivity index (χ1) is 22.7. The predicted octanol–water partition coefficient (Wildman–Crippen LogP) is 6.90. The standard InChI is InChI=1S/C31H24F7N3O6S2/c1-47-22-8-3-15(26(42)39-14-29(9-10-29)49(2,45)46)11-19(22)27(43)41-24-18-6-4-16(30(33,34)35)12-23(18)48-25(24)28(44)40-17-5-7-21(32)20(13-17)31(36,37)38/h3-8,11-13H,9-10,14H2,1-2H3,(H,39,42)(H,40,44)(H,41,43). The van der Waals surface area contributed by atoms with Crippen molar-refractivity contribution in [1.29, 1.82) is 0 Å². The molecule has 0 unspecified atom stereocenters. The van der Waals surface area contributed by atoms with E-state index >= 15 is 0 Å². The van der Waals surface area contributed by atoms with Crippen molar-refractivity contribution in [1.82, 2.24) is 5.32 Å². The second kappa shape index (κ2) is 12.6. The van der Waals surface area contributed by atoms with Gasteiger partial charge in [-0.25, -0.2) is 12.8 Å². The minimum absolute atomic E-state index is 0.0324. The SMILES string of the molecule is COc1ccc(C(=O)NCC2(S(C)(=O)=O)CC2)cc1C(=O)Nc1c(C(=O)Nc2ccc(F)c(C(F)(F)F)c2)sc2cc(C(F)(F)F)ccc12. The van der Waals surface area contributed by atoms with Gasteiger partial charge < -0.3 is 20.7 Å². The summed E-state index contributed by atoms with van der Waals surface area (Å²) in [7, 11) is -2.25. The van der Waals surface area contributed by atoms with Crippen LogP contribution >= 0.6 is 11.3 Å². The van der Waals surface area contributed by atoms with E-state index in [0.717, 1.165) is 30.5 Å². The van der Waals surface area contributed by atoms with E-state index in [1.807, 2.05) is 0 Å². The number of thiophene rings is 1. The van der Waals surface area contributed by atoms with Crippen molar-refractivity contribution in [2.24, 2.45) is 0 Å². The van der Waals surface area contributed by atoms with Crippen LogP contribution in [0, 0.1) is 5.82 Å². The van der Waals surface area contributed by atoms with Crippen molar-refractivity contribution in [3.05, 3.63) is 87.5 Å². The van der Waals surface area contributed by atoms with Crippen LogP contribution in [0.2, 0.25) is 0 Å². The maximum absolute atomic E-state index is 13.8. The summed E-state index contributed by atoms with van der Waals surface area (Å²) in [4.78, 5) is 39.5. The van der Waals surface area contributed by atoms with Gasteiger partial charge in [0.05, 0.1) is 34.2 Å². The van der Waals surface area contributed by atoms with Crippen LogP contribution in [0.4, 0.5) is 42.1 Å². The summed E-state index contributed by atoms with van der Waals surface area (Å²) in [6, 6.07) is 7.78. The van der Waals surface area contributed by atoms with E-state index in [9.17, 15) is 53.5 Å². The van der Waals surface area contributed by atoms with Gasteiger partial charge in [0.2, 0.25) is 0 Å². The monoisotopic (exact) mass is 731 g/mol. The van der Waals surface area contributed by atoms with E-state index in [-0.39, 0.29) is 39.2 Å². The highest BCUT2D eigenvalue weighted by Gasteiger charge is 2.52. The molecule has 3 aromatic carbocycles. The van der Waals surface area contributed by atoms with E-state index in [1.54, 1.807) is 0 Å². The molecule has 3 amide bonds. The van der Waals surface area contributed by atoms with Crippen LogP contribution in [-0.2, 0) is 22.2 Å². The zero-order valence-corrected chi connectivity index (χ0v) is 26.9. The number of methoxy groups -OCH3 is 1. The van der Waals surface area contributed by atoms with E-state index in [4.69, 9.17) is 4.74 Å². The second-order valence-electron chi connectivity index (χ2n) is 11.2. The lowest BCUT2D eigenvalue weighted by Gasteiger charge is -2.15. The summed E-state index contributed by atoms with van der Waals surface area (Å²) in [6.07, 6.45) is -8.09. The maximum Gasteiger partial charge on any atom is 0.419 e. The Labute approximate surface area is 277 Å². The fourth-order valence-electron chi connectivity index (χ4n) is 4.93. The molecule has 0 aliphatic heterocycles. The average molecular weight is 732 g/mol. The lowest BCUT2D eigenvalue weighted by atomic mass is 10.1. The van der Waals surface area contributed by atoms with Gasteiger partial charge in [0.15, 0.2) is 9.84 Å². The molecule has 0 spiro atoms. The number of hydrogen-bond acceptors (Lipinski definition) is 7. The van der Waals surface area contributed by atoms with Gasteiger partial charge in [0.1, 0.15) is 16.4 Å². The third kappa shape index (κ3) is 7.34. The molecule has 5 rings (SSSR count). The lowest BCUT2D eigenvalue weighted by molar-refractivity contribution is -0.140. The Morgan fingerprint density at radius 3 is 2.16 bits per heavy atom. The molecular formula is C31H24F7N3O6S2. The minimum Gasteiger partial charge on any atom is -0.496 e. The molecule has 1 aromatic heterocycles. The van der Waals surface area contributed by atoms with Crippen LogP contribution in [-0.4, -0.2) is 50.8 Å². The van der Waals surface area contributed by atoms with E-state index in [2.05, 4.69) is 16.0 Å². The van der Waals surface area contributed by atoms with E-state index < -0.39 is 72.2 Å². The minimum atomic E-state index is -5.10. The summed E-state index contributed by atoms with van der Waals surface area (Å²) in [5.74, 6) is -4.50. The fraction of sp³-hybridized carbons (Fsp3) is 0.258. The molecule has 0 atom stereocenters. The largest absolute Gasteiger partial charge is 0.496 e. The molecule has 1 heterocycles. The van der Waals surface area contributed by atoms with Crippen molar-refractivity contribution in [3.8, 4) is 5.75 Å². The van der Waals surface area contributed by atoms with Gasteiger partial charge in [-0.3, -0.25) is 14.4 Å². The van der Waals surface area contributed by atoms with Gasteiger partial charge in [-0.05, 0) is 61.4 Å². The molecular weight excluding hydrogens is 707 g/mol. The van der Waals surface area contributed by atoms with E-state index in [0.29, 0.717) is 42.4 Å². The molecule has 1 fully saturated rings. The van der Waals surface area contributed by atoms with Gasteiger partial charge in [-0.2, -0.15) is 26.3 Å². The number of ether oxygens (including phenoxy) is 1. The third-order valence-corrected chi connectivity index (χ3v) is 11.1. The number of carbonyl (C=O) groups is 3. The molecule has 4 aromatic rings. The summed E-state index contributed by atoms with van der Waals surface area (Å²) in [6.45, 7) is -0.171. The molecule has 260 valence electrons.